The van der Waals surface area contributed by atoms with Crippen LogP contribution in [0.25, 0.3) is 0 Å². The molecule has 142 valence electrons. The quantitative estimate of drug-likeness (QED) is 0.870. The molecule has 1 N–H and O–H groups in total. The van der Waals surface area contributed by atoms with E-state index in [-0.39, 0.29) is 17.7 Å². The molecule has 26 heavy (non-hydrogen) atoms. The lowest BCUT2D eigenvalue weighted by atomic mass is 9.80. The normalized spacial score (nSPS) is 24.0. The predicted octanol–water partition coefficient (Wildman–Crippen LogP) is 4.45. The minimum atomic E-state index is 0.0314. The molecule has 4 heteroatoms. The van der Waals surface area contributed by atoms with Gasteiger partial charge in [-0.05, 0) is 64.0 Å². The topological polar surface area (TPSA) is 49.4 Å². The van der Waals surface area contributed by atoms with Gasteiger partial charge in [0.2, 0.25) is 11.8 Å². The van der Waals surface area contributed by atoms with Gasteiger partial charge in [-0.3, -0.25) is 9.59 Å². The molecule has 2 fully saturated rings. The van der Waals surface area contributed by atoms with Gasteiger partial charge < -0.3 is 10.2 Å². The van der Waals surface area contributed by atoms with Gasteiger partial charge in [0, 0.05) is 30.6 Å². The minimum absolute atomic E-state index is 0.0314. The first kappa shape index (κ1) is 18.9. The Balaban J connectivity index is 1.51. The van der Waals surface area contributed by atoms with Crippen LogP contribution in [0.5, 0.6) is 0 Å². The number of benzene rings is 1. The van der Waals surface area contributed by atoms with Gasteiger partial charge in [0.1, 0.15) is 0 Å². The molecular formula is C22H32N2O2. The Bertz CT molecular complexity index is 640. The maximum Gasteiger partial charge on any atom is 0.227 e. The zero-order chi connectivity index (χ0) is 18.5. The number of hydrogen-bond donors (Lipinski definition) is 1. The van der Waals surface area contributed by atoms with Crippen LogP contribution in [-0.2, 0) is 9.59 Å². The summed E-state index contributed by atoms with van der Waals surface area (Å²) in [5, 5.41) is 3.09. The summed E-state index contributed by atoms with van der Waals surface area (Å²) < 4.78 is 0. The zero-order valence-electron chi connectivity index (χ0n) is 16.2. The van der Waals surface area contributed by atoms with E-state index in [1.807, 2.05) is 19.1 Å². The smallest absolute Gasteiger partial charge is 0.227 e. The monoisotopic (exact) mass is 356 g/mol. The van der Waals surface area contributed by atoms with Gasteiger partial charge in [0.25, 0.3) is 0 Å². The number of amides is 2. The van der Waals surface area contributed by atoms with Gasteiger partial charge in [0.05, 0.1) is 0 Å². The van der Waals surface area contributed by atoms with Crippen LogP contribution in [0.2, 0.25) is 0 Å². The largest absolute Gasteiger partial charge is 0.342 e. The Labute approximate surface area is 157 Å². The molecule has 1 aliphatic carbocycles. The number of carbonyl (C=O) groups excluding carboxylic acids is 2. The highest BCUT2D eigenvalue weighted by atomic mass is 16.2. The fraction of sp³-hybridized carbons (Fsp3) is 0.636. The molecular weight excluding hydrogens is 324 g/mol. The summed E-state index contributed by atoms with van der Waals surface area (Å²) >= 11 is 0. The third-order valence-corrected chi connectivity index (χ3v) is 6.00. The number of nitrogens with one attached hydrogen (secondary N) is 1. The number of rotatable bonds is 3. The lowest BCUT2D eigenvalue weighted by molar-refractivity contribution is -0.137. The fourth-order valence-corrected chi connectivity index (χ4v) is 4.34. The van der Waals surface area contributed by atoms with Crippen molar-refractivity contribution >= 4 is 17.5 Å². The summed E-state index contributed by atoms with van der Waals surface area (Å²) in [6.07, 6.45) is 8.10. The molecule has 2 amide bonds. The molecule has 1 saturated carbocycles. The van der Waals surface area contributed by atoms with E-state index in [9.17, 15) is 9.59 Å². The first-order valence-electron chi connectivity index (χ1n) is 10.2. The summed E-state index contributed by atoms with van der Waals surface area (Å²) in [5.41, 5.74) is 3.21. The number of likely N-dealkylation sites (tertiary alicyclic amines) is 1. The Morgan fingerprint density at radius 2 is 1.54 bits per heavy atom. The number of nitrogens with zero attached hydrogens (tertiary/aromatic N) is 1. The van der Waals surface area contributed by atoms with Crippen LogP contribution < -0.4 is 5.32 Å². The molecule has 0 spiro atoms. The van der Waals surface area contributed by atoms with E-state index in [4.69, 9.17) is 0 Å². The van der Waals surface area contributed by atoms with Crippen molar-refractivity contribution < 1.29 is 9.59 Å². The second-order valence-electron chi connectivity index (χ2n) is 8.10. The van der Waals surface area contributed by atoms with Crippen LogP contribution in [-0.4, -0.2) is 29.8 Å². The van der Waals surface area contributed by atoms with Crippen molar-refractivity contribution in [3.63, 3.8) is 0 Å². The molecule has 4 nitrogen and oxygen atoms in total. The highest BCUT2D eigenvalue weighted by Crippen LogP contribution is 2.32. The standard InChI is InChI=1S/C22H32N2O2/c1-16-7-12-20(17(2)15-16)23-21(25)18-8-10-19(11-9-18)22(26)24-13-5-3-4-6-14-24/h7,12,15,18-19H,3-6,8-11,13-14H2,1-2H3,(H,23,25). The number of aryl methyl sites for hydroxylation is 2. The Morgan fingerprint density at radius 1 is 0.923 bits per heavy atom. The number of hydrogen-bond acceptors (Lipinski definition) is 2. The summed E-state index contributed by atoms with van der Waals surface area (Å²) in [6, 6.07) is 6.10. The number of carbonyl (C=O) groups is 2. The van der Waals surface area contributed by atoms with E-state index in [0.717, 1.165) is 62.9 Å². The van der Waals surface area contributed by atoms with Crippen LogP contribution in [0.4, 0.5) is 5.69 Å². The highest BCUT2D eigenvalue weighted by Gasteiger charge is 2.32. The maximum atomic E-state index is 12.8. The van der Waals surface area contributed by atoms with E-state index in [1.165, 1.54) is 18.4 Å². The average Bonchev–Trinajstić information content (AvgIpc) is 2.93. The summed E-state index contributed by atoms with van der Waals surface area (Å²) in [6.45, 7) is 5.93. The molecule has 3 rings (SSSR count). The SMILES string of the molecule is Cc1ccc(NC(=O)C2CCC(C(=O)N3CCCCCC3)CC2)c(C)c1. The summed E-state index contributed by atoms with van der Waals surface area (Å²) in [7, 11) is 0. The van der Waals surface area contributed by atoms with E-state index >= 15 is 0 Å². The van der Waals surface area contributed by atoms with Crippen molar-refractivity contribution in [1.82, 2.24) is 4.90 Å². The second-order valence-corrected chi connectivity index (χ2v) is 8.10. The van der Waals surface area contributed by atoms with Gasteiger partial charge in [0.15, 0.2) is 0 Å². The van der Waals surface area contributed by atoms with Gasteiger partial charge in [-0.2, -0.15) is 0 Å². The molecule has 0 aromatic heterocycles. The van der Waals surface area contributed by atoms with E-state index < -0.39 is 0 Å². The van der Waals surface area contributed by atoms with E-state index in [0.29, 0.717) is 5.91 Å². The Hall–Kier alpha value is -1.84. The average molecular weight is 357 g/mol. The molecule has 1 aliphatic heterocycles. The van der Waals surface area contributed by atoms with E-state index in [2.05, 4.69) is 23.2 Å². The molecule has 0 bridgehead atoms. The van der Waals surface area contributed by atoms with Crippen molar-refractivity contribution in [2.75, 3.05) is 18.4 Å². The van der Waals surface area contributed by atoms with Crippen molar-refractivity contribution in [3.05, 3.63) is 29.3 Å². The molecule has 0 atom stereocenters. The summed E-state index contributed by atoms with van der Waals surface area (Å²) in [4.78, 5) is 27.5. The maximum absolute atomic E-state index is 12.8. The Kier molecular flexibility index (Phi) is 6.33. The minimum Gasteiger partial charge on any atom is -0.342 e. The van der Waals surface area contributed by atoms with Gasteiger partial charge in [-0.25, -0.2) is 0 Å². The van der Waals surface area contributed by atoms with Gasteiger partial charge in [-0.1, -0.05) is 30.5 Å². The molecule has 2 aliphatic rings. The zero-order valence-corrected chi connectivity index (χ0v) is 16.2. The third-order valence-electron chi connectivity index (χ3n) is 6.00. The van der Waals surface area contributed by atoms with Crippen LogP contribution in [0.15, 0.2) is 18.2 Å². The van der Waals surface area contributed by atoms with Crippen LogP contribution in [0, 0.1) is 25.7 Å². The summed E-state index contributed by atoms with van der Waals surface area (Å²) in [5.74, 6) is 0.597. The fourth-order valence-electron chi connectivity index (χ4n) is 4.34. The molecule has 1 heterocycles. The molecule has 1 saturated heterocycles. The van der Waals surface area contributed by atoms with Crippen molar-refractivity contribution in [2.24, 2.45) is 11.8 Å². The predicted molar refractivity (Wildman–Crippen MR) is 105 cm³/mol. The van der Waals surface area contributed by atoms with E-state index in [1.54, 1.807) is 0 Å². The number of anilines is 1. The van der Waals surface area contributed by atoms with Crippen LogP contribution in [0.1, 0.15) is 62.5 Å². The first-order valence-corrected chi connectivity index (χ1v) is 10.2. The van der Waals surface area contributed by atoms with Gasteiger partial charge in [-0.15, -0.1) is 0 Å². The highest BCUT2D eigenvalue weighted by molar-refractivity contribution is 5.93. The molecule has 0 unspecified atom stereocenters. The first-order chi connectivity index (χ1) is 12.5. The third kappa shape index (κ3) is 4.66. The van der Waals surface area contributed by atoms with Gasteiger partial charge >= 0.3 is 0 Å². The van der Waals surface area contributed by atoms with Crippen molar-refractivity contribution in [2.45, 2.75) is 65.2 Å². The van der Waals surface area contributed by atoms with Crippen LogP contribution >= 0.6 is 0 Å². The molecule has 1 aromatic rings. The van der Waals surface area contributed by atoms with Crippen molar-refractivity contribution in [3.8, 4) is 0 Å². The second kappa shape index (κ2) is 8.70. The lowest BCUT2D eigenvalue weighted by Crippen LogP contribution is -2.39. The Morgan fingerprint density at radius 3 is 2.15 bits per heavy atom. The van der Waals surface area contributed by atoms with Crippen molar-refractivity contribution in [1.29, 1.82) is 0 Å². The molecule has 0 radical (unpaired) electrons. The van der Waals surface area contributed by atoms with Crippen LogP contribution in [0.3, 0.4) is 0 Å². The molecule has 1 aromatic carbocycles. The lowest BCUT2D eigenvalue weighted by Gasteiger charge is -2.31.